The van der Waals surface area contributed by atoms with E-state index in [4.69, 9.17) is 0 Å². The van der Waals surface area contributed by atoms with Gasteiger partial charge in [0.15, 0.2) is 0 Å². The first-order valence-electron chi connectivity index (χ1n) is 7.47. The van der Waals surface area contributed by atoms with Crippen LogP contribution < -0.4 is 0 Å². The first kappa shape index (κ1) is 10.2. The number of aryl methyl sites for hydroxylation is 1. The normalized spacial score (nSPS) is 34.7. The number of benzene rings is 1. The second-order valence-corrected chi connectivity index (χ2v) is 6.59. The summed E-state index contributed by atoms with van der Waals surface area (Å²) >= 11 is 0. The number of hydrogen-bond acceptors (Lipinski definition) is 0. The topological polar surface area (TPSA) is 0 Å². The molecule has 1 spiro atoms. The van der Waals surface area contributed by atoms with Crippen LogP contribution in [-0.4, -0.2) is 0 Å². The zero-order chi connectivity index (χ0) is 11.3. The van der Waals surface area contributed by atoms with Crippen LogP contribution in [0.25, 0.3) is 0 Å². The van der Waals surface area contributed by atoms with Crippen LogP contribution in [0.1, 0.15) is 56.1 Å². The molecule has 0 radical (unpaired) electrons. The molecule has 90 valence electrons. The highest BCUT2D eigenvalue weighted by atomic mass is 14.6. The molecule has 0 bridgehead atoms. The minimum atomic E-state index is 0.643. The van der Waals surface area contributed by atoms with Gasteiger partial charge in [-0.15, -0.1) is 0 Å². The molecular formula is C17H22. The van der Waals surface area contributed by atoms with E-state index in [0.717, 1.165) is 11.8 Å². The van der Waals surface area contributed by atoms with Gasteiger partial charge >= 0.3 is 0 Å². The molecule has 3 aliphatic rings. The summed E-state index contributed by atoms with van der Waals surface area (Å²) in [6, 6.07) is 9.26. The van der Waals surface area contributed by atoms with E-state index in [0.29, 0.717) is 5.41 Å². The molecule has 0 amide bonds. The second kappa shape index (κ2) is 3.60. The highest BCUT2D eigenvalue weighted by molar-refractivity contribution is 5.42. The van der Waals surface area contributed by atoms with Crippen molar-refractivity contribution in [1.82, 2.24) is 0 Å². The van der Waals surface area contributed by atoms with Crippen molar-refractivity contribution in [3.05, 3.63) is 35.4 Å². The van der Waals surface area contributed by atoms with Crippen LogP contribution in [0.3, 0.4) is 0 Å². The fourth-order valence-electron chi connectivity index (χ4n) is 4.19. The van der Waals surface area contributed by atoms with Crippen molar-refractivity contribution in [3.8, 4) is 0 Å². The first-order chi connectivity index (χ1) is 8.38. The lowest BCUT2D eigenvalue weighted by atomic mass is 9.78. The van der Waals surface area contributed by atoms with E-state index in [1.54, 1.807) is 11.1 Å². The van der Waals surface area contributed by atoms with Crippen molar-refractivity contribution in [3.63, 3.8) is 0 Å². The Hall–Kier alpha value is -0.780. The number of hydrogen-bond donors (Lipinski definition) is 0. The van der Waals surface area contributed by atoms with Crippen molar-refractivity contribution >= 4 is 0 Å². The molecule has 2 atom stereocenters. The van der Waals surface area contributed by atoms with Gasteiger partial charge in [-0.25, -0.2) is 0 Å². The van der Waals surface area contributed by atoms with Crippen LogP contribution in [0.2, 0.25) is 0 Å². The minimum Gasteiger partial charge on any atom is -0.0620 e. The fourth-order valence-corrected chi connectivity index (χ4v) is 4.19. The maximum Gasteiger partial charge on any atom is -0.00126 e. The van der Waals surface area contributed by atoms with E-state index >= 15 is 0 Å². The summed E-state index contributed by atoms with van der Waals surface area (Å²) in [5.41, 5.74) is 4.03. The smallest absolute Gasteiger partial charge is 0.00126 e. The van der Waals surface area contributed by atoms with E-state index in [9.17, 15) is 0 Å². The van der Waals surface area contributed by atoms with Crippen LogP contribution >= 0.6 is 0 Å². The summed E-state index contributed by atoms with van der Waals surface area (Å²) in [5, 5.41) is 0. The Labute approximate surface area is 104 Å². The van der Waals surface area contributed by atoms with Gasteiger partial charge in [-0.3, -0.25) is 0 Å². The van der Waals surface area contributed by atoms with Crippen LogP contribution in [0.15, 0.2) is 24.3 Å². The fraction of sp³-hybridized carbons (Fsp3) is 0.647. The summed E-state index contributed by atoms with van der Waals surface area (Å²) in [5.74, 6) is 2.15. The molecule has 0 heteroatoms. The van der Waals surface area contributed by atoms with Gasteiger partial charge in [0.1, 0.15) is 0 Å². The van der Waals surface area contributed by atoms with Gasteiger partial charge < -0.3 is 0 Å². The maximum absolute atomic E-state index is 2.42. The van der Waals surface area contributed by atoms with Crippen molar-refractivity contribution in [2.45, 2.75) is 56.8 Å². The Balaban J connectivity index is 1.55. The third-order valence-corrected chi connectivity index (χ3v) is 5.48. The molecule has 0 heterocycles. The van der Waals surface area contributed by atoms with E-state index in [1.165, 1.54) is 51.4 Å². The quantitative estimate of drug-likeness (QED) is 0.713. The molecule has 0 aromatic heterocycles. The summed E-state index contributed by atoms with van der Waals surface area (Å²) in [6.45, 7) is 0. The van der Waals surface area contributed by atoms with E-state index in [2.05, 4.69) is 24.3 Å². The molecule has 4 rings (SSSR count). The van der Waals surface area contributed by atoms with Gasteiger partial charge in [-0.1, -0.05) is 43.5 Å². The van der Waals surface area contributed by atoms with Crippen LogP contribution in [0.4, 0.5) is 0 Å². The lowest BCUT2D eigenvalue weighted by molar-refractivity contribution is 0.469. The highest BCUT2D eigenvalue weighted by Crippen LogP contribution is 2.62. The molecule has 2 fully saturated rings. The largest absolute Gasteiger partial charge is 0.0620 e. The third kappa shape index (κ3) is 1.64. The van der Waals surface area contributed by atoms with E-state index in [-0.39, 0.29) is 0 Å². The molecule has 1 aromatic carbocycles. The van der Waals surface area contributed by atoms with E-state index < -0.39 is 0 Å². The summed E-state index contributed by atoms with van der Waals surface area (Å²) in [4.78, 5) is 0. The number of rotatable bonds is 3. The Morgan fingerprint density at radius 3 is 2.88 bits per heavy atom. The average molecular weight is 226 g/mol. The zero-order valence-electron chi connectivity index (χ0n) is 10.6. The molecule has 0 N–H and O–H groups in total. The first-order valence-corrected chi connectivity index (χ1v) is 7.47. The third-order valence-electron chi connectivity index (χ3n) is 5.48. The highest BCUT2D eigenvalue weighted by Gasteiger charge is 2.55. The predicted octanol–water partition coefficient (Wildman–Crippen LogP) is 4.47. The standard InChI is InChI=1S/C17H22/c1-2-6-16-14(4-1)5-3-11-17(16)12-15(17)10-9-13-7-8-13/h1-2,4,6,13,15H,3,5,7-12H2. The lowest BCUT2D eigenvalue weighted by Gasteiger charge is -2.26. The monoisotopic (exact) mass is 226 g/mol. The SMILES string of the molecule is c1ccc2c(c1)CCCC21CC1CCC1CC1. The Morgan fingerprint density at radius 2 is 2.00 bits per heavy atom. The summed E-state index contributed by atoms with van der Waals surface area (Å²) in [6.07, 6.45) is 11.8. The molecule has 0 nitrogen and oxygen atoms in total. The number of fused-ring (bicyclic) bond motifs is 2. The molecule has 0 saturated heterocycles. The van der Waals surface area contributed by atoms with Crippen LogP contribution in [0, 0.1) is 11.8 Å². The van der Waals surface area contributed by atoms with Gasteiger partial charge in [0.2, 0.25) is 0 Å². The molecule has 2 saturated carbocycles. The Kier molecular flexibility index (Phi) is 2.16. The van der Waals surface area contributed by atoms with Gasteiger partial charge in [-0.2, -0.15) is 0 Å². The Bertz CT molecular complexity index is 429. The minimum absolute atomic E-state index is 0.643. The van der Waals surface area contributed by atoms with Crippen LogP contribution in [0.5, 0.6) is 0 Å². The molecule has 1 aromatic rings. The van der Waals surface area contributed by atoms with Gasteiger partial charge in [-0.05, 0) is 60.5 Å². The van der Waals surface area contributed by atoms with Gasteiger partial charge in [0.05, 0.1) is 0 Å². The van der Waals surface area contributed by atoms with Gasteiger partial charge in [0.25, 0.3) is 0 Å². The van der Waals surface area contributed by atoms with Crippen molar-refractivity contribution < 1.29 is 0 Å². The molecular weight excluding hydrogens is 204 g/mol. The molecule has 0 aliphatic heterocycles. The molecule has 3 aliphatic carbocycles. The lowest BCUT2D eigenvalue weighted by Crippen LogP contribution is -2.18. The maximum atomic E-state index is 2.42. The van der Waals surface area contributed by atoms with Crippen molar-refractivity contribution in [2.75, 3.05) is 0 Å². The zero-order valence-corrected chi connectivity index (χ0v) is 10.6. The average Bonchev–Trinajstić information content (AvgIpc) is 3.24. The van der Waals surface area contributed by atoms with Gasteiger partial charge in [0, 0.05) is 0 Å². The van der Waals surface area contributed by atoms with Crippen molar-refractivity contribution in [1.29, 1.82) is 0 Å². The molecule has 17 heavy (non-hydrogen) atoms. The van der Waals surface area contributed by atoms with E-state index in [1.807, 2.05) is 0 Å². The predicted molar refractivity (Wildman–Crippen MR) is 71.1 cm³/mol. The summed E-state index contributed by atoms with van der Waals surface area (Å²) in [7, 11) is 0. The van der Waals surface area contributed by atoms with Crippen molar-refractivity contribution in [2.24, 2.45) is 11.8 Å². The molecule has 2 unspecified atom stereocenters. The second-order valence-electron chi connectivity index (χ2n) is 6.59. The summed E-state index contributed by atoms with van der Waals surface area (Å²) < 4.78 is 0. The van der Waals surface area contributed by atoms with Crippen LogP contribution in [-0.2, 0) is 11.8 Å². The Morgan fingerprint density at radius 1 is 1.12 bits per heavy atom.